The normalized spacial score (nSPS) is 21.8. The summed E-state index contributed by atoms with van der Waals surface area (Å²) in [6, 6.07) is 1.85. The maximum Gasteiger partial charge on any atom is 0.514 e. The Morgan fingerprint density at radius 1 is 1.18 bits per heavy atom. The minimum Gasteiger partial charge on any atom is -0.398 e. The molecule has 0 bridgehead atoms. The topological polar surface area (TPSA) is 44.2 Å². The van der Waals surface area contributed by atoms with Crippen molar-refractivity contribution < 1.29 is 9.31 Å². The molecule has 1 fully saturated rings. The van der Waals surface area contributed by atoms with Crippen molar-refractivity contribution in [2.45, 2.75) is 52.2 Å². The van der Waals surface area contributed by atoms with Crippen LogP contribution in [0.2, 0.25) is 0 Å². The third-order valence-electron chi connectivity index (χ3n) is 3.54. The summed E-state index contributed by atoms with van der Waals surface area (Å²) in [5, 5.41) is 0. The molecule has 17 heavy (non-hydrogen) atoms. The van der Waals surface area contributed by atoms with Gasteiger partial charge in [-0.15, -0.1) is 0 Å². The first-order valence-corrected chi connectivity index (χ1v) is 6.03. The molecule has 1 aromatic heterocycles. The van der Waals surface area contributed by atoms with E-state index in [-0.39, 0.29) is 11.2 Å². The van der Waals surface area contributed by atoms with Crippen LogP contribution in [-0.2, 0) is 15.7 Å². The molecule has 0 aliphatic carbocycles. The molecule has 2 heterocycles. The molecule has 0 atom stereocenters. The highest BCUT2D eigenvalue weighted by Gasteiger charge is 2.52. The van der Waals surface area contributed by atoms with E-state index >= 15 is 0 Å². The molecule has 0 saturated carbocycles. The lowest BCUT2D eigenvalue weighted by atomic mass is 9.84. The van der Waals surface area contributed by atoms with Crippen LogP contribution in [-0.4, -0.2) is 28.3 Å². The first-order valence-electron chi connectivity index (χ1n) is 6.03. The van der Waals surface area contributed by atoms with Crippen LogP contribution >= 0.6 is 0 Å². The summed E-state index contributed by atoms with van der Waals surface area (Å²) >= 11 is 0. The average Bonchev–Trinajstić information content (AvgIpc) is 2.48. The van der Waals surface area contributed by atoms with Crippen LogP contribution in [0.25, 0.3) is 0 Å². The van der Waals surface area contributed by atoms with Crippen molar-refractivity contribution in [3.05, 3.63) is 18.1 Å². The van der Waals surface area contributed by atoms with Crippen LogP contribution in [0.3, 0.4) is 0 Å². The minimum absolute atomic E-state index is 0.324. The van der Waals surface area contributed by atoms with E-state index in [1.807, 2.05) is 40.7 Å². The molecule has 4 nitrogen and oxygen atoms in total. The predicted molar refractivity (Wildman–Crippen MR) is 67.1 cm³/mol. The van der Waals surface area contributed by atoms with Gasteiger partial charge in [0.1, 0.15) is 5.82 Å². The third-order valence-corrected chi connectivity index (χ3v) is 3.54. The van der Waals surface area contributed by atoms with Gasteiger partial charge in [0, 0.05) is 12.6 Å². The third kappa shape index (κ3) is 2.22. The zero-order valence-electron chi connectivity index (χ0n) is 11.2. The van der Waals surface area contributed by atoms with E-state index < -0.39 is 7.12 Å². The second kappa shape index (κ2) is 4.07. The van der Waals surface area contributed by atoms with E-state index in [0.717, 1.165) is 17.8 Å². The van der Waals surface area contributed by atoms with Crippen LogP contribution < -0.4 is 5.59 Å². The summed E-state index contributed by atoms with van der Waals surface area (Å²) in [5.41, 5.74) is 0.153. The maximum absolute atomic E-state index is 5.94. The molecular weight excluding hydrogens is 215 g/mol. The second-order valence-corrected chi connectivity index (χ2v) is 5.34. The molecule has 5 heteroatoms. The molecule has 0 amide bonds. The molecular formula is C12H19BN2O2. The van der Waals surface area contributed by atoms with Crippen molar-refractivity contribution >= 4 is 12.7 Å². The van der Waals surface area contributed by atoms with Crippen LogP contribution in [0.1, 0.15) is 40.4 Å². The molecule has 0 N–H and O–H groups in total. The number of aryl methyl sites for hydroxylation is 1. The lowest BCUT2D eigenvalue weighted by Crippen LogP contribution is -2.41. The van der Waals surface area contributed by atoms with Gasteiger partial charge >= 0.3 is 7.12 Å². The zero-order valence-corrected chi connectivity index (χ0v) is 11.2. The fourth-order valence-electron chi connectivity index (χ4n) is 1.68. The first kappa shape index (κ1) is 12.5. The van der Waals surface area contributed by atoms with Gasteiger partial charge in [-0.1, -0.05) is 6.92 Å². The lowest BCUT2D eigenvalue weighted by Gasteiger charge is -2.32. The minimum atomic E-state index is -0.395. The fourth-order valence-corrected chi connectivity index (χ4v) is 1.68. The number of aromatic nitrogens is 2. The Hall–Kier alpha value is -0.935. The highest BCUT2D eigenvalue weighted by molar-refractivity contribution is 6.61. The highest BCUT2D eigenvalue weighted by atomic mass is 16.7. The summed E-state index contributed by atoms with van der Waals surface area (Å²) in [4.78, 5) is 8.62. The monoisotopic (exact) mass is 234 g/mol. The summed E-state index contributed by atoms with van der Waals surface area (Å²) in [5.74, 6) is 0.817. The van der Waals surface area contributed by atoms with Crippen molar-refractivity contribution in [1.29, 1.82) is 0 Å². The maximum atomic E-state index is 5.94. The average molecular weight is 234 g/mol. The van der Waals surface area contributed by atoms with Gasteiger partial charge < -0.3 is 9.31 Å². The first-order chi connectivity index (χ1) is 7.86. The van der Waals surface area contributed by atoms with Gasteiger partial charge in [-0.25, -0.2) is 9.97 Å². The van der Waals surface area contributed by atoms with Crippen LogP contribution in [0, 0.1) is 0 Å². The van der Waals surface area contributed by atoms with Gasteiger partial charge in [0.2, 0.25) is 0 Å². The van der Waals surface area contributed by atoms with E-state index in [0.29, 0.717) is 0 Å². The fraction of sp³-hybridized carbons (Fsp3) is 0.667. The van der Waals surface area contributed by atoms with Crippen molar-refractivity contribution in [2.75, 3.05) is 0 Å². The summed E-state index contributed by atoms with van der Waals surface area (Å²) < 4.78 is 11.9. The Labute approximate surface area is 103 Å². The van der Waals surface area contributed by atoms with E-state index in [1.165, 1.54) is 0 Å². The molecule has 0 unspecified atom stereocenters. The van der Waals surface area contributed by atoms with Gasteiger partial charge in [-0.2, -0.15) is 0 Å². The Balaban J connectivity index is 2.25. The number of rotatable bonds is 2. The van der Waals surface area contributed by atoms with Gasteiger partial charge in [0.15, 0.2) is 0 Å². The Bertz CT molecular complexity index is 405. The van der Waals surface area contributed by atoms with E-state index in [4.69, 9.17) is 9.31 Å². The Morgan fingerprint density at radius 2 is 1.76 bits per heavy atom. The molecule has 2 rings (SSSR count). The molecule has 1 aliphatic heterocycles. The van der Waals surface area contributed by atoms with Crippen LogP contribution in [0.5, 0.6) is 0 Å². The van der Waals surface area contributed by atoms with Crippen molar-refractivity contribution in [3.63, 3.8) is 0 Å². The van der Waals surface area contributed by atoms with Crippen LogP contribution in [0.15, 0.2) is 12.3 Å². The van der Waals surface area contributed by atoms with Crippen molar-refractivity contribution in [1.82, 2.24) is 9.97 Å². The van der Waals surface area contributed by atoms with Gasteiger partial charge in [-0.05, 0) is 33.8 Å². The van der Waals surface area contributed by atoms with E-state index in [2.05, 4.69) is 9.97 Å². The van der Waals surface area contributed by atoms with E-state index in [1.54, 1.807) is 6.20 Å². The quantitative estimate of drug-likeness (QED) is 0.724. The van der Waals surface area contributed by atoms with Crippen molar-refractivity contribution in [2.24, 2.45) is 0 Å². The second-order valence-electron chi connectivity index (χ2n) is 5.34. The molecule has 0 spiro atoms. The van der Waals surface area contributed by atoms with Gasteiger partial charge in [0.25, 0.3) is 0 Å². The highest BCUT2D eigenvalue weighted by Crippen LogP contribution is 2.36. The van der Waals surface area contributed by atoms with Crippen LogP contribution in [0.4, 0.5) is 0 Å². The summed E-state index contributed by atoms with van der Waals surface area (Å²) in [6.45, 7) is 10.2. The number of hydrogen-bond donors (Lipinski definition) is 0. The van der Waals surface area contributed by atoms with Gasteiger partial charge in [-0.3, -0.25) is 0 Å². The molecule has 92 valence electrons. The summed E-state index contributed by atoms with van der Waals surface area (Å²) in [6.07, 6.45) is 2.57. The molecule has 0 radical (unpaired) electrons. The number of hydrogen-bond acceptors (Lipinski definition) is 4. The largest absolute Gasteiger partial charge is 0.514 e. The standard InChI is InChI=1S/C12H19BN2O2/c1-6-10-14-8-7-9(15-10)13-16-11(2,3)12(4,5)17-13/h7-8H,6H2,1-5H3. The lowest BCUT2D eigenvalue weighted by molar-refractivity contribution is 0.00578. The van der Waals surface area contributed by atoms with Gasteiger partial charge in [0.05, 0.1) is 16.8 Å². The number of nitrogens with zero attached hydrogens (tertiary/aromatic N) is 2. The molecule has 0 aromatic carbocycles. The smallest absolute Gasteiger partial charge is 0.398 e. The van der Waals surface area contributed by atoms with E-state index in [9.17, 15) is 0 Å². The SMILES string of the molecule is CCc1nccc(B2OC(C)(C)C(C)(C)O2)n1. The molecule has 1 aromatic rings. The Morgan fingerprint density at radius 3 is 2.29 bits per heavy atom. The molecule has 1 aliphatic rings. The zero-order chi connectivity index (χ0) is 12.7. The molecule has 1 saturated heterocycles. The predicted octanol–water partition coefficient (Wildman–Crippen LogP) is 1.34. The summed E-state index contributed by atoms with van der Waals surface area (Å²) in [7, 11) is -0.395. The van der Waals surface area contributed by atoms with Crippen molar-refractivity contribution in [3.8, 4) is 0 Å². The Kier molecular flexibility index (Phi) is 3.00.